The molecule has 1 N–H and O–H groups in total. The molecule has 2 heterocycles. The maximum absolute atomic E-state index is 12.9. The van der Waals surface area contributed by atoms with E-state index in [-0.39, 0.29) is 5.91 Å². The van der Waals surface area contributed by atoms with Crippen molar-refractivity contribution in [1.29, 1.82) is 0 Å². The van der Waals surface area contributed by atoms with Gasteiger partial charge in [-0.25, -0.2) is 9.78 Å². The Balaban J connectivity index is 1.97. The number of ether oxygens (including phenoxy) is 1. The van der Waals surface area contributed by atoms with Crippen LogP contribution in [0.1, 0.15) is 45.4 Å². The van der Waals surface area contributed by atoms with Crippen LogP contribution in [-0.2, 0) is 11.2 Å². The number of hydrogen-bond acceptors (Lipinski definition) is 4. The fourth-order valence-electron chi connectivity index (χ4n) is 2.88. The van der Waals surface area contributed by atoms with Crippen LogP contribution in [0.25, 0.3) is 5.65 Å². The Kier molecular flexibility index (Phi) is 5.02. The number of benzene rings is 1. The predicted octanol–water partition coefficient (Wildman–Crippen LogP) is 3.63. The summed E-state index contributed by atoms with van der Waals surface area (Å²) in [5, 5.41) is 2.86. The maximum atomic E-state index is 12.9. The predicted molar refractivity (Wildman–Crippen MR) is 99.7 cm³/mol. The summed E-state index contributed by atoms with van der Waals surface area (Å²) in [5.74, 6) is -0.704. The summed E-state index contributed by atoms with van der Waals surface area (Å²) >= 11 is 0. The molecule has 6 heteroatoms. The number of anilines is 1. The fraction of sp³-hybridized carbons (Fsp3) is 0.250. The number of pyridine rings is 1. The van der Waals surface area contributed by atoms with Crippen molar-refractivity contribution >= 4 is 23.2 Å². The largest absolute Gasteiger partial charge is 0.465 e. The molecule has 2 aromatic heterocycles. The fourth-order valence-corrected chi connectivity index (χ4v) is 2.88. The zero-order valence-corrected chi connectivity index (χ0v) is 15.1. The molecule has 0 aliphatic heterocycles. The molecule has 0 unspecified atom stereocenters. The van der Waals surface area contributed by atoms with Crippen LogP contribution in [0.2, 0.25) is 0 Å². The quantitative estimate of drug-likeness (QED) is 0.713. The smallest absolute Gasteiger partial charge is 0.337 e. The Morgan fingerprint density at radius 3 is 2.77 bits per heavy atom. The van der Waals surface area contributed by atoms with Crippen LogP contribution in [-0.4, -0.2) is 28.4 Å². The molecule has 0 bridgehead atoms. The zero-order valence-electron chi connectivity index (χ0n) is 15.1. The molecule has 0 spiro atoms. The molecular formula is C20H21N3O3. The molecule has 1 aromatic carbocycles. The van der Waals surface area contributed by atoms with Crippen molar-refractivity contribution in [3.8, 4) is 0 Å². The highest BCUT2D eigenvalue weighted by molar-refractivity contribution is 6.05. The van der Waals surface area contributed by atoms with Gasteiger partial charge in [0.05, 0.1) is 18.4 Å². The van der Waals surface area contributed by atoms with E-state index in [1.807, 2.05) is 25.3 Å². The lowest BCUT2D eigenvalue weighted by Crippen LogP contribution is -2.17. The third kappa shape index (κ3) is 3.44. The number of carbonyl (C=O) groups excluding carboxylic acids is 2. The van der Waals surface area contributed by atoms with Gasteiger partial charge in [-0.15, -0.1) is 0 Å². The van der Waals surface area contributed by atoms with Crippen molar-refractivity contribution in [3.63, 3.8) is 0 Å². The molecule has 3 aromatic rings. The molecule has 0 fully saturated rings. The minimum absolute atomic E-state index is 0.258. The van der Waals surface area contributed by atoms with Crippen molar-refractivity contribution in [3.05, 3.63) is 65.1 Å². The average molecular weight is 351 g/mol. The number of imidazole rings is 1. The standard InChI is InChI=1S/C20H21N3O3/c1-4-6-16-18(23-10-9-13(2)11-17(23)22-16)19(24)21-15-8-5-7-14(12-15)20(25)26-3/h5,7-12H,4,6H2,1-3H3,(H,21,24). The number of methoxy groups -OCH3 is 1. The number of hydrogen-bond donors (Lipinski definition) is 1. The second-order valence-electron chi connectivity index (χ2n) is 6.12. The molecule has 1 amide bonds. The number of nitrogens with one attached hydrogen (secondary N) is 1. The van der Waals surface area contributed by atoms with E-state index in [2.05, 4.69) is 17.2 Å². The number of esters is 1. The Hall–Kier alpha value is -3.15. The highest BCUT2D eigenvalue weighted by Gasteiger charge is 2.19. The minimum atomic E-state index is -0.446. The van der Waals surface area contributed by atoms with Crippen LogP contribution in [0, 0.1) is 6.92 Å². The molecule has 0 atom stereocenters. The first-order valence-corrected chi connectivity index (χ1v) is 8.50. The summed E-state index contributed by atoms with van der Waals surface area (Å²) in [6.07, 6.45) is 3.46. The van der Waals surface area contributed by atoms with E-state index < -0.39 is 5.97 Å². The summed E-state index contributed by atoms with van der Waals surface area (Å²) in [7, 11) is 1.32. The Labute approximate surface area is 151 Å². The van der Waals surface area contributed by atoms with E-state index >= 15 is 0 Å². The van der Waals surface area contributed by atoms with Gasteiger partial charge in [-0.3, -0.25) is 9.20 Å². The first-order valence-electron chi connectivity index (χ1n) is 8.50. The van der Waals surface area contributed by atoms with Crippen LogP contribution < -0.4 is 5.32 Å². The number of aromatic nitrogens is 2. The zero-order chi connectivity index (χ0) is 18.7. The van der Waals surface area contributed by atoms with E-state index in [0.29, 0.717) is 23.4 Å². The minimum Gasteiger partial charge on any atom is -0.465 e. The second-order valence-corrected chi connectivity index (χ2v) is 6.12. The topological polar surface area (TPSA) is 72.7 Å². The van der Waals surface area contributed by atoms with Crippen LogP contribution in [0.3, 0.4) is 0 Å². The lowest BCUT2D eigenvalue weighted by Gasteiger charge is -2.08. The van der Waals surface area contributed by atoms with Gasteiger partial charge >= 0.3 is 5.97 Å². The average Bonchev–Trinajstić information content (AvgIpc) is 2.98. The van der Waals surface area contributed by atoms with E-state index in [4.69, 9.17) is 4.74 Å². The SMILES string of the molecule is CCCc1nc2cc(C)ccn2c1C(=O)Nc1cccc(C(=O)OC)c1. The van der Waals surface area contributed by atoms with Gasteiger partial charge in [0.15, 0.2) is 0 Å². The number of rotatable bonds is 5. The number of aryl methyl sites for hydroxylation is 2. The summed E-state index contributed by atoms with van der Waals surface area (Å²) in [6.45, 7) is 4.04. The number of nitrogens with zero attached hydrogens (tertiary/aromatic N) is 2. The van der Waals surface area contributed by atoms with Crippen molar-refractivity contribution < 1.29 is 14.3 Å². The molecule has 26 heavy (non-hydrogen) atoms. The second kappa shape index (κ2) is 7.39. The number of amides is 1. The van der Waals surface area contributed by atoms with E-state index in [0.717, 1.165) is 23.3 Å². The molecule has 0 saturated heterocycles. The van der Waals surface area contributed by atoms with Crippen molar-refractivity contribution in [2.45, 2.75) is 26.7 Å². The molecule has 0 saturated carbocycles. The Morgan fingerprint density at radius 1 is 1.23 bits per heavy atom. The van der Waals surface area contributed by atoms with Gasteiger partial charge in [-0.2, -0.15) is 0 Å². The van der Waals surface area contributed by atoms with E-state index in [9.17, 15) is 9.59 Å². The Bertz CT molecular complexity index is 976. The van der Waals surface area contributed by atoms with Crippen molar-refractivity contribution in [1.82, 2.24) is 9.38 Å². The first kappa shape index (κ1) is 17.7. The molecule has 134 valence electrons. The van der Waals surface area contributed by atoms with Crippen LogP contribution in [0.5, 0.6) is 0 Å². The molecular weight excluding hydrogens is 330 g/mol. The highest BCUT2D eigenvalue weighted by Crippen LogP contribution is 2.19. The normalized spacial score (nSPS) is 10.7. The lowest BCUT2D eigenvalue weighted by molar-refractivity contribution is 0.0600. The maximum Gasteiger partial charge on any atom is 0.337 e. The third-order valence-corrected chi connectivity index (χ3v) is 4.10. The van der Waals surface area contributed by atoms with E-state index in [1.54, 1.807) is 28.7 Å². The van der Waals surface area contributed by atoms with Gasteiger partial charge in [0.1, 0.15) is 11.3 Å². The molecule has 3 rings (SSSR count). The highest BCUT2D eigenvalue weighted by atomic mass is 16.5. The van der Waals surface area contributed by atoms with Crippen LogP contribution >= 0.6 is 0 Å². The third-order valence-electron chi connectivity index (χ3n) is 4.10. The summed E-state index contributed by atoms with van der Waals surface area (Å²) in [5.41, 5.74) is 4.03. The number of fused-ring (bicyclic) bond motifs is 1. The van der Waals surface area contributed by atoms with Crippen LogP contribution in [0.4, 0.5) is 5.69 Å². The summed E-state index contributed by atoms with van der Waals surface area (Å²) in [6, 6.07) is 10.6. The van der Waals surface area contributed by atoms with Gasteiger partial charge in [0.2, 0.25) is 0 Å². The van der Waals surface area contributed by atoms with Crippen LogP contribution in [0.15, 0.2) is 42.6 Å². The van der Waals surface area contributed by atoms with Gasteiger partial charge in [-0.1, -0.05) is 19.4 Å². The Morgan fingerprint density at radius 2 is 2.04 bits per heavy atom. The van der Waals surface area contributed by atoms with Crippen molar-refractivity contribution in [2.24, 2.45) is 0 Å². The van der Waals surface area contributed by atoms with Gasteiger partial charge < -0.3 is 10.1 Å². The summed E-state index contributed by atoms with van der Waals surface area (Å²) in [4.78, 5) is 29.2. The molecule has 6 nitrogen and oxygen atoms in total. The van der Waals surface area contributed by atoms with Crippen molar-refractivity contribution in [2.75, 3.05) is 12.4 Å². The molecule has 0 aliphatic carbocycles. The molecule has 0 radical (unpaired) electrons. The first-order chi connectivity index (χ1) is 12.5. The van der Waals surface area contributed by atoms with Gasteiger partial charge in [-0.05, 0) is 49.2 Å². The van der Waals surface area contributed by atoms with Gasteiger partial charge in [0, 0.05) is 11.9 Å². The monoisotopic (exact) mass is 351 g/mol. The number of carbonyl (C=O) groups is 2. The van der Waals surface area contributed by atoms with Gasteiger partial charge in [0.25, 0.3) is 5.91 Å². The lowest BCUT2D eigenvalue weighted by atomic mass is 10.1. The van der Waals surface area contributed by atoms with E-state index in [1.165, 1.54) is 7.11 Å². The molecule has 0 aliphatic rings. The summed E-state index contributed by atoms with van der Waals surface area (Å²) < 4.78 is 6.53.